The van der Waals surface area contributed by atoms with E-state index in [0.29, 0.717) is 11.3 Å². The minimum absolute atomic E-state index is 0.188. The highest BCUT2D eigenvalue weighted by Crippen LogP contribution is 2.16. The normalized spacial score (nSPS) is 10.8. The largest absolute Gasteiger partial charge is 0.326 e. The zero-order valence-electron chi connectivity index (χ0n) is 13.7. The second-order valence-electron chi connectivity index (χ2n) is 5.53. The minimum Gasteiger partial charge on any atom is -0.326 e. The molecule has 2 amide bonds. The van der Waals surface area contributed by atoms with Crippen LogP contribution in [-0.2, 0) is 4.79 Å². The first-order chi connectivity index (χ1) is 12.1. The fraction of sp³-hybridized carbons (Fsp3) is 0.0500. The van der Waals surface area contributed by atoms with Gasteiger partial charge in [0, 0.05) is 23.7 Å². The molecule has 0 radical (unpaired) electrons. The van der Waals surface area contributed by atoms with E-state index in [1.165, 1.54) is 6.92 Å². The molecule has 3 aromatic carbocycles. The lowest BCUT2D eigenvalue weighted by Gasteiger charge is -2.05. The third kappa shape index (κ3) is 4.09. The predicted molar refractivity (Wildman–Crippen MR) is 99.8 cm³/mol. The van der Waals surface area contributed by atoms with E-state index >= 15 is 0 Å². The molecular weight excluding hydrogens is 314 g/mol. The maximum atomic E-state index is 12.2. The van der Waals surface area contributed by atoms with Crippen molar-refractivity contribution in [3.05, 3.63) is 77.9 Å². The summed E-state index contributed by atoms with van der Waals surface area (Å²) in [6.45, 7) is 1.42. The van der Waals surface area contributed by atoms with Gasteiger partial charge in [-0.05, 0) is 29.0 Å². The quantitative estimate of drug-likeness (QED) is 0.567. The van der Waals surface area contributed by atoms with Gasteiger partial charge in [0.15, 0.2) is 0 Å². The van der Waals surface area contributed by atoms with Crippen LogP contribution in [0.1, 0.15) is 22.8 Å². The van der Waals surface area contributed by atoms with Crippen LogP contribution in [0.15, 0.2) is 71.8 Å². The lowest BCUT2D eigenvalue weighted by atomic mass is 10.1. The molecule has 2 N–H and O–H groups in total. The molecule has 0 bridgehead atoms. The van der Waals surface area contributed by atoms with Gasteiger partial charge in [0.1, 0.15) is 0 Å². The minimum atomic E-state index is -0.344. The van der Waals surface area contributed by atoms with Gasteiger partial charge in [-0.15, -0.1) is 0 Å². The van der Waals surface area contributed by atoms with Gasteiger partial charge < -0.3 is 5.32 Å². The number of anilines is 1. The Kier molecular flexibility index (Phi) is 4.85. The van der Waals surface area contributed by atoms with Crippen molar-refractivity contribution in [2.75, 3.05) is 5.32 Å². The third-order valence-electron chi connectivity index (χ3n) is 3.64. The lowest BCUT2D eigenvalue weighted by Crippen LogP contribution is -2.18. The number of hydrogen-bond donors (Lipinski definition) is 2. The predicted octanol–water partition coefficient (Wildman–Crippen LogP) is 3.56. The van der Waals surface area contributed by atoms with E-state index < -0.39 is 0 Å². The maximum Gasteiger partial charge on any atom is 0.271 e. The molecule has 0 atom stereocenters. The Labute approximate surface area is 145 Å². The van der Waals surface area contributed by atoms with Crippen molar-refractivity contribution in [2.45, 2.75) is 6.92 Å². The Hall–Kier alpha value is -3.47. The van der Waals surface area contributed by atoms with Crippen molar-refractivity contribution in [1.82, 2.24) is 5.43 Å². The van der Waals surface area contributed by atoms with Gasteiger partial charge in [-0.3, -0.25) is 9.59 Å². The summed E-state index contributed by atoms with van der Waals surface area (Å²) >= 11 is 0. The molecule has 0 heterocycles. The summed E-state index contributed by atoms with van der Waals surface area (Å²) in [6.07, 6.45) is 1.62. The number of amides is 2. The number of nitrogens with zero attached hydrogens (tertiary/aromatic N) is 1. The second-order valence-corrected chi connectivity index (χ2v) is 5.53. The molecule has 124 valence electrons. The SMILES string of the molecule is CC(=O)Nc1cccc(C(=O)NN=Cc2cccc3ccccc23)c1. The summed E-state index contributed by atoms with van der Waals surface area (Å²) in [4.78, 5) is 23.3. The fourth-order valence-corrected chi connectivity index (χ4v) is 2.53. The van der Waals surface area contributed by atoms with Crippen LogP contribution in [0.2, 0.25) is 0 Å². The molecule has 3 aromatic rings. The van der Waals surface area contributed by atoms with Gasteiger partial charge in [0.25, 0.3) is 5.91 Å². The van der Waals surface area contributed by atoms with Gasteiger partial charge in [-0.1, -0.05) is 48.5 Å². The number of rotatable bonds is 4. The highest BCUT2D eigenvalue weighted by atomic mass is 16.2. The van der Waals surface area contributed by atoms with Gasteiger partial charge >= 0.3 is 0 Å². The molecule has 0 saturated heterocycles. The number of nitrogens with one attached hydrogen (secondary N) is 2. The number of carbonyl (C=O) groups excluding carboxylic acids is 2. The molecule has 3 rings (SSSR count). The molecule has 0 aromatic heterocycles. The highest BCUT2D eigenvalue weighted by molar-refractivity contribution is 6.01. The van der Waals surface area contributed by atoms with Crippen molar-refractivity contribution in [3.8, 4) is 0 Å². The first kappa shape index (κ1) is 16.4. The van der Waals surface area contributed by atoms with Crippen molar-refractivity contribution >= 4 is 34.5 Å². The summed E-state index contributed by atoms with van der Waals surface area (Å²) in [5, 5.41) is 8.87. The van der Waals surface area contributed by atoms with Crippen molar-refractivity contribution in [2.24, 2.45) is 5.10 Å². The van der Waals surface area contributed by atoms with E-state index in [9.17, 15) is 9.59 Å². The van der Waals surface area contributed by atoms with Crippen LogP contribution in [0.5, 0.6) is 0 Å². The Bertz CT molecular complexity index is 959. The number of hydrogen-bond acceptors (Lipinski definition) is 3. The average Bonchev–Trinajstić information content (AvgIpc) is 2.61. The van der Waals surface area contributed by atoms with Gasteiger partial charge in [-0.2, -0.15) is 5.10 Å². The van der Waals surface area contributed by atoms with Crippen molar-refractivity contribution < 1.29 is 9.59 Å². The Morgan fingerprint density at radius 3 is 2.56 bits per heavy atom. The Balaban J connectivity index is 1.73. The maximum absolute atomic E-state index is 12.2. The summed E-state index contributed by atoms with van der Waals surface area (Å²) in [7, 11) is 0. The van der Waals surface area contributed by atoms with Crippen LogP contribution < -0.4 is 10.7 Å². The number of fused-ring (bicyclic) bond motifs is 1. The van der Waals surface area contributed by atoms with Crippen molar-refractivity contribution in [1.29, 1.82) is 0 Å². The van der Waals surface area contributed by atoms with Gasteiger partial charge in [0.2, 0.25) is 5.91 Å². The van der Waals surface area contributed by atoms with Crippen LogP contribution >= 0.6 is 0 Å². The first-order valence-electron chi connectivity index (χ1n) is 7.82. The summed E-state index contributed by atoms with van der Waals surface area (Å²) in [6, 6.07) is 20.6. The van der Waals surface area contributed by atoms with Crippen LogP contribution in [0.4, 0.5) is 5.69 Å². The molecule has 0 saturated carbocycles. The smallest absolute Gasteiger partial charge is 0.271 e. The molecule has 25 heavy (non-hydrogen) atoms. The average molecular weight is 331 g/mol. The number of carbonyl (C=O) groups is 2. The van der Waals surface area contributed by atoms with E-state index in [1.54, 1.807) is 30.5 Å². The van der Waals surface area contributed by atoms with Crippen LogP contribution in [0, 0.1) is 0 Å². The van der Waals surface area contributed by atoms with Crippen LogP contribution in [0.25, 0.3) is 10.8 Å². The number of hydrazone groups is 1. The Morgan fingerprint density at radius 1 is 0.960 bits per heavy atom. The summed E-state index contributed by atoms with van der Waals surface area (Å²) in [5.41, 5.74) is 4.42. The fourth-order valence-electron chi connectivity index (χ4n) is 2.53. The molecule has 0 unspecified atom stereocenters. The molecule has 0 aliphatic rings. The Morgan fingerprint density at radius 2 is 1.72 bits per heavy atom. The summed E-state index contributed by atoms with van der Waals surface area (Å²) in [5.74, 6) is -0.532. The molecule has 0 aliphatic carbocycles. The molecule has 5 nitrogen and oxygen atoms in total. The van der Waals surface area contributed by atoms with E-state index in [4.69, 9.17) is 0 Å². The molecule has 0 spiro atoms. The summed E-state index contributed by atoms with van der Waals surface area (Å²) < 4.78 is 0. The van der Waals surface area contributed by atoms with Gasteiger partial charge in [0.05, 0.1) is 6.21 Å². The van der Waals surface area contributed by atoms with E-state index in [0.717, 1.165) is 16.3 Å². The lowest BCUT2D eigenvalue weighted by molar-refractivity contribution is -0.114. The molecule has 5 heteroatoms. The van der Waals surface area contributed by atoms with Crippen molar-refractivity contribution in [3.63, 3.8) is 0 Å². The zero-order valence-corrected chi connectivity index (χ0v) is 13.7. The number of benzene rings is 3. The second kappa shape index (κ2) is 7.40. The van der Waals surface area contributed by atoms with E-state index in [-0.39, 0.29) is 11.8 Å². The zero-order chi connectivity index (χ0) is 17.6. The molecule has 0 fully saturated rings. The molecule has 0 aliphatic heterocycles. The monoisotopic (exact) mass is 331 g/mol. The van der Waals surface area contributed by atoms with Gasteiger partial charge in [-0.25, -0.2) is 5.43 Å². The van der Waals surface area contributed by atoms with Crippen LogP contribution in [0.3, 0.4) is 0 Å². The first-order valence-corrected chi connectivity index (χ1v) is 7.82. The molecular formula is C20H17N3O2. The van der Waals surface area contributed by atoms with Crippen LogP contribution in [-0.4, -0.2) is 18.0 Å². The standard InChI is InChI=1S/C20H17N3O2/c1-14(24)22-18-10-5-8-16(12-18)20(25)23-21-13-17-9-4-7-15-6-2-3-11-19(15)17/h2-13H,1H3,(H,22,24)(H,23,25). The van der Waals surface area contributed by atoms with E-state index in [1.807, 2.05) is 42.5 Å². The topological polar surface area (TPSA) is 70.6 Å². The third-order valence-corrected chi connectivity index (χ3v) is 3.64. The highest BCUT2D eigenvalue weighted by Gasteiger charge is 2.06. The van der Waals surface area contributed by atoms with E-state index in [2.05, 4.69) is 15.8 Å².